The van der Waals surface area contributed by atoms with Crippen LogP contribution in [0.15, 0.2) is 35.2 Å². The number of hydrogen-bond donors (Lipinski definition) is 2. The SMILES string of the molecule is COc1cc(Cl)ccc1S(=O)(=O)N[C@H](c1nn[nH]n1)[C@H](C)c1c(F)ccc(C)c1C. The number of hydrogen-bond acceptors (Lipinski definition) is 6. The average molecular weight is 454 g/mol. The van der Waals surface area contributed by atoms with Gasteiger partial charge in [-0.15, -0.1) is 10.2 Å². The molecule has 0 amide bonds. The smallest absolute Gasteiger partial charge is 0.244 e. The van der Waals surface area contributed by atoms with Crippen LogP contribution in [0.5, 0.6) is 5.75 Å². The number of nitrogens with one attached hydrogen (secondary N) is 2. The zero-order valence-electron chi connectivity index (χ0n) is 16.8. The molecule has 30 heavy (non-hydrogen) atoms. The molecule has 0 saturated carbocycles. The molecule has 11 heteroatoms. The third-order valence-corrected chi connectivity index (χ3v) is 6.74. The largest absolute Gasteiger partial charge is 0.495 e. The third-order valence-electron chi connectivity index (χ3n) is 5.03. The molecule has 2 atom stereocenters. The van der Waals surface area contributed by atoms with Gasteiger partial charge in [0.2, 0.25) is 10.0 Å². The molecule has 160 valence electrons. The van der Waals surface area contributed by atoms with Crippen molar-refractivity contribution in [2.75, 3.05) is 7.11 Å². The molecule has 0 saturated heterocycles. The van der Waals surface area contributed by atoms with Crippen molar-refractivity contribution in [3.8, 4) is 5.75 Å². The Hall–Kier alpha value is -2.56. The average Bonchev–Trinajstić information content (AvgIpc) is 3.23. The van der Waals surface area contributed by atoms with Gasteiger partial charge in [-0.3, -0.25) is 0 Å². The van der Waals surface area contributed by atoms with Crippen LogP contribution in [0.4, 0.5) is 4.39 Å². The van der Waals surface area contributed by atoms with Crippen molar-refractivity contribution in [1.29, 1.82) is 0 Å². The molecule has 0 aliphatic rings. The summed E-state index contributed by atoms with van der Waals surface area (Å²) in [6.07, 6.45) is 0. The minimum Gasteiger partial charge on any atom is -0.495 e. The minimum absolute atomic E-state index is 0.0763. The van der Waals surface area contributed by atoms with Crippen molar-refractivity contribution < 1.29 is 17.5 Å². The van der Waals surface area contributed by atoms with Crippen molar-refractivity contribution in [2.24, 2.45) is 0 Å². The normalized spacial score (nSPS) is 13.8. The first-order valence-corrected chi connectivity index (χ1v) is 10.9. The second kappa shape index (κ2) is 8.66. The van der Waals surface area contributed by atoms with E-state index in [9.17, 15) is 12.8 Å². The van der Waals surface area contributed by atoms with Crippen LogP contribution in [-0.4, -0.2) is 36.2 Å². The molecule has 1 aromatic heterocycles. The lowest BCUT2D eigenvalue weighted by Gasteiger charge is -2.25. The predicted octanol–water partition coefficient (Wildman–Crippen LogP) is 3.44. The summed E-state index contributed by atoms with van der Waals surface area (Å²) in [5.41, 5.74) is 1.97. The second-order valence-electron chi connectivity index (χ2n) is 6.86. The molecular formula is C19H21ClFN5O3S. The molecule has 0 spiro atoms. The van der Waals surface area contributed by atoms with Crippen molar-refractivity contribution in [2.45, 2.75) is 37.6 Å². The summed E-state index contributed by atoms with van der Waals surface area (Å²) in [6, 6.07) is 6.21. The van der Waals surface area contributed by atoms with Crippen LogP contribution in [0.2, 0.25) is 5.02 Å². The van der Waals surface area contributed by atoms with Crippen LogP contribution in [0.3, 0.4) is 0 Å². The number of ether oxygens (including phenoxy) is 1. The van der Waals surface area contributed by atoms with Crippen LogP contribution in [-0.2, 0) is 10.0 Å². The standard InChI is InChI=1S/C19H21ClFN5O3S/c1-10-5-7-14(21)17(11(10)2)12(3)18(19-22-25-26-23-19)24-30(27,28)16-8-6-13(20)9-15(16)29-4/h5-9,12,18,24H,1-4H3,(H,22,23,25,26)/t12-,18+/m1/s1. The van der Waals surface area contributed by atoms with E-state index in [1.165, 1.54) is 31.4 Å². The molecule has 0 aliphatic carbocycles. The highest BCUT2D eigenvalue weighted by atomic mass is 35.5. The lowest BCUT2D eigenvalue weighted by atomic mass is 9.88. The Morgan fingerprint density at radius 2 is 1.97 bits per heavy atom. The molecule has 1 heterocycles. The van der Waals surface area contributed by atoms with Gasteiger partial charge in [0.1, 0.15) is 16.5 Å². The van der Waals surface area contributed by atoms with Gasteiger partial charge >= 0.3 is 0 Å². The Morgan fingerprint density at radius 1 is 1.23 bits per heavy atom. The number of H-pyrrole nitrogens is 1. The zero-order chi connectivity index (χ0) is 22.1. The Balaban J connectivity index is 2.08. The van der Waals surface area contributed by atoms with Gasteiger partial charge in [0, 0.05) is 17.0 Å². The third kappa shape index (κ3) is 4.30. The maximum Gasteiger partial charge on any atom is 0.244 e. The Morgan fingerprint density at radius 3 is 2.60 bits per heavy atom. The van der Waals surface area contributed by atoms with Gasteiger partial charge in [-0.2, -0.15) is 9.94 Å². The number of aromatic amines is 1. The van der Waals surface area contributed by atoms with Crippen LogP contribution in [0, 0.1) is 19.7 Å². The van der Waals surface area contributed by atoms with Gasteiger partial charge in [-0.25, -0.2) is 12.8 Å². The van der Waals surface area contributed by atoms with E-state index in [0.29, 0.717) is 10.6 Å². The number of tetrazole rings is 1. The summed E-state index contributed by atoms with van der Waals surface area (Å²) < 4.78 is 48.8. The zero-order valence-corrected chi connectivity index (χ0v) is 18.3. The van der Waals surface area contributed by atoms with Crippen molar-refractivity contribution in [3.63, 3.8) is 0 Å². The van der Waals surface area contributed by atoms with Crippen LogP contribution >= 0.6 is 11.6 Å². The molecule has 2 aromatic carbocycles. The summed E-state index contributed by atoms with van der Waals surface area (Å²) in [4.78, 5) is -0.114. The molecular weight excluding hydrogens is 433 g/mol. The first-order valence-electron chi connectivity index (χ1n) is 9.00. The van der Waals surface area contributed by atoms with E-state index >= 15 is 0 Å². The van der Waals surface area contributed by atoms with Crippen molar-refractivity contribution in [1.82, 2.24) is 25.3 Å². The van der Waals surface area contributed by atoms with Crippen LogP contribution in [0.25, 0.3) is 0 Å². The number of methoxy groups -OCH3 is 1. The number of sulfonamides is 1. The Kier molecular flexibility index (Phi) is 6.39. The number of aromatic nitrogens is 4. The van der Waals surface area contributed by atoms with Crippen LogP contribution in [0.1, 0.15) is 41.4 Å². The maximum atomic E-state index is 14.7. The maximum absolute atomic E-state index is 14.7. The summed E-state index contributed by atoms with van der Waals surface area (Å²) in [5.74, 6) is -0.926. The van der Waals surface area contributed by atoms with Gasteiger partial charge in [0.15, 0.2) is 5.82 Å². The fraction of sp³-hybridized carbons (Fsp3) is 0.316. The number of halogens is 2. The van der Waals surface area contributed by atoms with Gasteiger partial charge in [0.05, 0.1) is 13.2 Å². The Bertz CT molecular complexity index is 1160. The molecule has 2 N–H and O–H groups in total. The lowest BCUT2D eigenvalue weighted by Crippen LogP contribution is -2.33. The van der Waals surface area contributed by atoms with Gasteiger partial charge < -0.3 is 4.74 Å². The minimum atomic E-state index is -4.11. The molecule has 0 bridgehead atoms. The van der Waals surface area contributed by atoms with E-state index in [1.807, 2.05) is 6.92 Å². The summed E-state index contributed by atoms with van der Waals surface area (Å²) >= 11 is 5.94. The van der Waals surface area contributed by atoms with E-state index in [1.54, 1.807) is 19.9 Å². The molecule has 3 rings (SSSR count). The van der Waals surface area contributed by atoms with E-state index in [0.717, 1.165) is 11.1 Å². The fourth-order valence-corrected chi connectivity index (χ4v) is 4.89. The highest BCUT2D eigenvalue weighted by Gasteiger charge is 2.33. The molecule has 8 nitrogen and oxygen atoms in total. The number of benzene rings is 2. The van der Waals surface area contributed by atoms with E-state index in [4.69, 9.17) is 16.3 Å². The second-order valence-corrected chi connectivity index (χ2v) is 8.97. The predicted molar refractivity (Wildman–Crippen MR) is 110 cm³/mol. The fourth-order valence-electron chi connectivity index (χ4n) is 3.30. The van der Waals surface area contributed by atoms with Gasteiger partial charge in [-0.05, 0) is 48.7 Å². The Labute approximate surface area is 178 Å². The monoisotopic (exact) mass is 453 g/mol. The quantitative estimate of drug-likeness (QED) is 0.567. The topological polar surface area (TPSA) is 110 Å². The summed E-state index contributed by atoms with van der Waals surface area (Å²) in [6.45, 7) is 5.35. The van der Waals surface area contributed by atoms with Crippen molar-refractivity contribution in [3.05, 3.63) is 63.7 Å². The molecule has 0 radical (unpaired) electrons. The van der Waals surface area contributed by atoms with E-state index in [2.05, 4.69) is 25.3 Å². The molecule has 0 unspecified atom stereocenters. The number of rotatable bonds is 7. The van der Waals surface area contributed by atoms with Gasteiger partial charge in [0.25, 0.3) is 0 Å². The lowest BCUT2D eigenvalue weighted by molar-refractivity contribution is 0.401. The highest BCUT2D eigenvalue weighted by molar-refractivity contribution is 7.89. The van der Waals surface area contributed by atoms with Crippen LogP contribution < -0.4 is 9.46 Å². The number of nitrogens with zero attached hydrogens (tertiary/aromatic N) is 3. The van der Waals surface area contributed by atoms with E-state index in [-0.39, 0.29) is 16.5 Å². The summed E-state index contributed by atoms with van der Waals surface area (Å²) in [7, 11) is -2.77. The molecule has 0 fully saturated rings. The van der Waals surface area contributed by atoms with Gasteiger partial charge in [-0.1, -0.05) is 29.8 Å². The first-order chi connectivity index (χ1) is 14.2. The summed E-state index contributed by atoms with van der Waals surface area (Å²) in [5, 5.41) is 14.0. The highest BCUT2D eigenvalue weighted by Crippen LogP contribution is 2.36. The first kappa shape index (κ1) is 22.1. The number of aryl methyl sites for hydroxylation is 1. The molecule has 0 aliphatic heterocycles. The molecule has 3 aromatic rings. The van der Waals surface area contributed by atoms with E-state index < -0.39 is 27.8 Å². The van der Waals surface area contributed by atoms with Crippen molar-refractivity contribution >= 4 is 21.6 Å².